The number of benzene rings is 3. The number of aryl methyl sites for hydroxylation is 1. The van der Waals surface area contributed by atoms with Gasteiger partial charge in [-0.2, -0.15) is 0 Å². The van der Waals surface area contributed by atoms with Crippen molar-refractivity contribution in [2.45, 2.75) is 21.7 Å². The van der Waals surface area contributed by atoms with Crippen molar-refractivity contribution in [2.75, 3.05) is 18.0 Å². The summed E-state index contributed by atoms with van der Waals surface area (Å²) in [6.45, 7) is 2.36. The van der Waals surface area contributed by atoms with Crippen molar-refractivity contribution in [3.63, 3.8) is 0 Å². The van der Waals surface area contributed by atoms with Gasteiger partial charge in [-0.1, -0.05) is 70.6 Å². The van der Waals surface area contributed by atoms with Crippen LogP contribution in [0.4, 0.5) is 5.69 Å². The minimum absolute atomic E-state index is 0.0785. The molecule has 0 unspecified atom stereocenters. The van der Waals surface area contributed by atoms with E-state index in [2.05, 4.69) is 34.7 Å². The summed E-state index contributed by atoms with van der Waals surface area (Å²) in [5, 5.41) is 0. The van der Waals surface area contributed by atoms with Crippen LogP contribution in [-0.4, -0.2) is 26.0 Å². The molecule has 4 rings (SSSR count). The quantitative estimate of drug-likeness (QED) is 0.354. The van der Waals surface area contributed by atoms with Gasteiger partial charge >= 0.3 is 0 Å². The largest absolute Gasteiger partial charge is 0.497 e. The van der Waals surface area contributed by atoms with Gasteiger partial charge in [0.1, 0.15) is 5.75 Å². The normalized spacial score (nSPS) is 18.9. The van der Waals surface area contributed by atoms with E-state index in [0.717, 1.165) is 16.9 Å². The van der Waals surface area contributed by atoms with Crippen molar-refractivity contribution in [3.8, 4) is 5.75 Å². The van der Waals surface area contributed by atoms with Crippen molar-refractivity contribution in [1.29, 1.82) is 0 Å². The summed E-state index contributed by atoms with van der Waals surface area (Å²) in [6, 6.07) is 22.9. The first-order valence-electron chi connectivity index (χ1n) is 9.38. The predicted octanol–water partition coefficient (Wildman–Crippen LogP) is 5.15. The second-order valence-electron chi connectivity index (χ2n) is 7.18. The number of hydrogen-bond acceptors (Lipinski definition) is 3. The van der Waals surface area contributed by atoms with Crippen LogP contribution in [0.3, 0.4) is 0 Å². The van der Waals surface area contributed by atoms with Gasteiger partial charge in [-0.25, -0.2) is 8.42 Å². The molecule has 0 N–H and O–H groups in total. The SMILES string of the molecule is COc1ccc2c(c1)[C@H](c1ccccc1)[C@@H](I)CN2S(=O)(=O)c1ccc(C)cc1. The maximum Gasteiger partial charge on any atom is 0.264 e. The molecule has 1 heterocycles. The highest BCUT2D eigenvalue weighted by Crippen LogP contribution is 2.45. The summed E-state index contributed by atoms with van der Waals surface area (Å²) in [5.74, 6) is 0.814. The zero-order chi connectivity index (χ0) is 20.6. The maximum atomic E-state index is 13.5. The molecule has 3 aromatic carbocycles. The average Bonchev–Trinajstić information content (AvgIpc) is 2.73. The number of halogens is 1. The number of alkyl halides is 1. The Hall–Kier alpha value is -2.06. The molecule has 150 valence electrons. The van der Waals surface area contributed by atoms with Gasteiger partial charge in [-0.15, -0.1) is 0 Å². The molecule has 0 amide bonds. The van der Waals surface area contributed by atoms with E-state index < -0.39 is 10.0 Å². The summed E-state index contributed by atoms with van der Waals surface area (Å²) in [5.41, 5.74) is 3.89. The first kappa shape index (κ1) is 20.2. The molecular formula is C23H22INO3S. The molecule has 0 fully saturated rings. The fourth-order valence-corrected chi connectivity index (χ4v) is 6.79. The lowest BCUT2D eigenvalue weighted by molar-refractivity contribution is 0.414. The summed E-state index contributed by atoms with van der Waals surface area (Å²) in [7, 11) is -2.03. The van der Waals surface area contributed by atoms with Crippen molar-refractivity contribution < 1.29 is 13.2 Å². The summed E-state index contributed by atoms with van der Waals surface area (Å²) >= 11 is 2.38. The minimum Gasteiger partial charge on any atom is -0.497 e. The molecule has 1 aliphatic heterocycles. The smallest absolute Gasteiger partial charge is 0.264 e. The van der Waals surface area contributed by atoms with Crippen LogP contribution in [-0.2, 0) is 10.0 Å². The Labute approximate surface area is 185 Å². The monoisotopic (exact) mass is 519 g/mol. The highest BCUT2D eigenvalue weighted by molar-refractivity contribution is 14.1. The van der Waals surface area contributed by atoms with Crippen molar-refractivity contribution in [2.24, 2.45) is 0 Å². The third kappa shape index (κ3) is 3.75. The molecule has 3 aromatic rings. The Bertz CT molecular complexity index is 1110. The molecule has 0 saturated heterocycles. The van der Waals surface area contributed by atoms with Gasteiger partial charge in [0.2, 0.25) is 0 Å². The molecule has 0 saturated carbocycles. The third-order valence-electron chi connectivity index (χ3n) is 5.31. The standard InChI is InChI=1S/C23H22INO3S/c1-16-8-11-19(12-9-16)29(26,27)25-15-21(24)23(17-6-4-3-5-7-17)20-14-18(28-2)10-13-22(20)25/h3-14,21,23H,15H2,1-2H3/t21-,23-/m0/s1. The second-order valence-corrected chi connectivity index (χ2v) is 10.6. The van der Waals surface area contributed by atoms with Crippen LogP contribution in [0.25, 0.3) is 0 Å². The molecule has 0 aliphatic carbocycles. The highest BCUT2D eigenvalue weighted by Gasteiger charge is 2.38. The van der Waals surface area contributed by atoms with Gasteiger partial charge in [-0.05, 0) is 48.4 Å². The zero-order valence-electron chi connectivity index (χ0n) is 16.2. The lowest BCUT2D eigenvalue weighted by atomic mass is 9.85. The van der Waals surface area contributed by atoms with Crippen molar-refractivity contribution in [1.82, 2.24) is 0 Å². The van der Waals surface area contributed by atoms with Gasteiger partial charge < -0.3 is 4.74 Å². The van der Waals surface area contributed by atoms with Crippen LogP contribution in [0.2, 0.25) is 0 Å². The number of nitrogens with zero attached hydrogens (tertiary/aromatic N) is 1. The van der Waals surface area contributed by atoms with Crippen LogP contribution in [0.15, 0.2) is 77.7 Å². The molecular weight excluding hydrogens is 497 g/mol. The fourth-order valence-electron chi connectivity index (χ4n) is 3.81. The molecule has 0 bridgehead atoms. The zero-order valence-corrected chi connectivity index (χ0v) is 19.2. The van der Waals surface area contributed by atoms with E-state index >= 15 is 0 Å². The topological polar surface area (TPSA) is 46.6 Å². The maximum absolute atomic E-state index is 13.5. The van der Waals surface area contributed by atoms with E-state index in [1.807, 2.05) is 55.5 Å². The number of ether oxygens (including phenoxy) is 1. The van der Waals surface area contributed by atoms with Crippen LogP contribution < -0.4 is 9.04 Å². The predicted molar refractivity (Wildman–Crippen MR) is 125 cm³/mol. The van der Waals surface area contributed by atoms with Crippen LogP contribution in [0.1, 0.15) is 22.6 Å². The lowest BCUT2D eigenvalue weighted by Gasteiger charge is -2.38. The van der Waals surface area contributed by atoms with Crippen LogP contribution >= 0.6 is 22.6 Å². The number of anilines is 1. The molecule has 29 heavy (non-hydrogen) atoms. The third-order valence-corrected chi connectivity index (χ3v) is 8.22. The van der Waals surface area contributed by atoms with E-state index in [1.165, 1.54) is 5.56 Å². The number of hydrogen-bond donors (Lipinski definition) is 0. The Morgan fingerprint density at radius 1 is 1.00 bits per heavy atom. The molecule has 0 aromatic heterocycles. The summed E-state index contributed by atoms with van der Waals surface area (Å²) in [4.78, 5) is 0.312. The van der Waals surface area contributed by atoms with Crippen LogP contribution in [0, 0.1) is 6.92 Å². The summed E-state index contributed by atoms with van der Waals surface area (Å²) in [6.07, 6.45) is 0. The van der Waals surface area contributed by atoms with Gasteiger partial charge in [0, 0.05) is 16.4 Å². The second kappa shape index (κ2) is 7.99. The molecule has 1 aliphatic rings. The number of fused-ring (bicyclic) bond motifs is 1. The van der Waals surface area contributed by atoms with Crippen molar-refractivity contribution >= 4 is 38.3 Å². The van der Waals surface area contributed by atoms with Gasteiger partial charge in [0.15, 0.2) is 0 Å². The number of methoxy groups -OCH3 is 1. The average molecular weight is 519 g/mol. The van der Waals surface area contributed by atoms with E-state index in [9.17, 15) is 8.42 Å². The first-order valence-corrected chi connectivity index (χ1v) is 12.1. The molecule has 0 spiro atoms. The minimum atomic E-state index is -3.66. The highest BCUT2D eigenvalue weighted by atomic mass is 127. The molecule has 4 nitrogen and oxygen atoms in total. The van der Waals surface area contributed by atoms with Gasteiger partial charge in [0.25, 0.3) is 10.0 Å². The Morgan fingerprint density at radius 2 is 1.69 bits per heavy atom. The van der Waals surface area contributed by atoms with Gasteiger partial charge in [0.05, 0.1) is 17.7 Å². The molecule has 6 heteroatoms. The Kier molecular flexibility index (Phi) is 5.57. The van der Waals surface area contributed by atoms with E-state index in [-0.39, 0.29) is 9.84 Å². The number of sulfonamides is 1. The first-order chi connectivity index (χ1) is 13.9. The number of rotatable bonds is 4. The van der Waals surface area contributed by atoms with Gasteiger partial charge in [-0.3, -0.25) is 4.31 Å². The molecule has 0 radical (unpaired) electrons. The van der Waals surface area contributed by atoms with E-state index in [0.29, 0.717) is 17.1 Å². The summed E-state index contributed by atoms with van der Waals surface area (Å²) < 4.78 is 34.1. The Morgan fingerprint density at radius 3 is 2.34 bits per heavy atom. The van der Waals surface area contributed by atoms with Crippen LogP contribution in [0.5, 0.6) is 5.75 Å². The van der Waals surface area contributed by atoms with Crippen molar-refractivity contribution in [3.05, 3.63) is 89.5 Å². The lowest BCUT2D eigenvalue weighted by Crippen LogP contribution is -2.42. The van der Waals surface area contributed by atoms with E-state index in [1.54, 1.807) is 23.5 Å². The van der Waals surface area contributed by atoms with E-state index in [4.69, 9.17) is 4.74 Å². The molecule has 2 atom stereocenters. The fraction of sp³-hybridized carbons (Fsp3) is 0.217. The Balaban J connectivity index is 1.87.